The Hall–Kier alpha value is -3.24. The third-order valence-corrected chi connectivity index (χ3v) is 7.40. The summed E-state index contributed by atoms with van der Waals surface area (Å²) in [5, 5.41) is 11.0. The Balaban J connectivity index is 1.33. The molecule has 0 amide bonds. The first-order chi connectivity index (χ1) is 17.8. The van der Waals surface area contributed by atoms with Gasteiger partial charge >= 0.3 is 0 Å². The molecule has 3 nitrogen and oxygen atoms in total. The molecule has 4 aromatic rings. The molecule has 36 heavy (non-hydrogen) atoms. The smallest absolute Gasteiger partial charge is 0.143 e. The van der Waals surface area contributed by atoms with Crippen LogP contribution in [0.5, 0.6) is 0 Å². The fourth-order valence-electron chi connectivity index (χ4n) is 5.50. The van der Waals surface area contributed by atoms with Crippen LogP contribution in [-0.2, 0) is 16.9 Å². The van der Waals surface area contributed by atoms with Crippen LogP contribution < -0.4 is 0 Å². The molecule has 0 spiro atoms. The van der Waals surface area contributed by atoms with E-state index in [1.807, 2.05) is 24.3 Å². The van der Waals surface area contributed by atoms with Crippen LogP contribution in [0.2, 0.25) is 0 Å². The lowest BCUT2D eigenvalue weighted by atomic mass is 9.80. The zero-order chi connectivity index (χ0) is 24.6. The molecule has 184 valence electrons. The fourth-order valence-corrected chi connectivity index (χ4v) is 5.50. The number of nitrogens with zero attached hydrogens (tertiary/aromatic N) is 1. The number of aliphatic hydroxyl groups is 1. The third kappa shape index (κ3) is 5.44. The van der Waals surface area contributed by atoms with Crippen molar-refractivity contribution in [3.63, 3.8) is 0 Å². The molecular formula is C33H35NO2. The summed E-state index contributed by atoms with van der Waals surface area (Å²) >= 11 is 0. The van der Waals surface area contributed by atoms with Gasteiger partial charge < -0.3 is 9.84 Å². The maximum atomic E-state index is 11.0. The Kier molecular flexibility index (Phi) is 7.92. The molecule has 0 aliphatic carbocycles. The molecule has 3 heteroatoms. The van der Waals surface area contributed by atoms with E-state index < -0.39 is 5.60 Å². The van der Waals surface area contributed by atoms with Gasteiger partial charge in [0.25, 0.3) is 0 Å². The van der Waals surface area contributed by atoms with Gasteiger partial charge in [0.05, 0.1) is 6.10 Å². The minimum absolute atomic E-state index is 0.233. The predicted octanol–water partition coefficient (Wildman–Crippen LogP) is 6.27. The molecular weight excluding hydrogens is 442 g/mol. The Morgan fingerprint density at radius 1 is 0.694 bits per heavy atom. The Morgan fingerprint density at radius 2 is 1.17 bits per heavy atom. The molecule has 0 radical (unpaired) electrons. The van der Waals surface area contributed by atoms with Gasteiger partial charge in [-0.3, -0.25) is 4.90 Å². The van der Waals surface area contributed by atoms with E-state index >= 15 is 0 Å². The second-order valence-electron chi connectivity index (χ2n) is 9.75. The summed E-state index contributed by atoms with van der Waals surface area (Å²) in [5.41, 5.74) is 3.93. The average molecular weight is 478 g/mol. The maximum absolute atomic E-state index is 11.0. The van der Waals surface area contributed by atoms with Gasteiger partial charge in [-0.15, -0.1) is 0 Å². The molecule has 4 aromatic carbocycles. The maximum Gasteiger partial charge on any atom is 0.143 e. The highest BCUT2D eigenvalue weighted by Crippen LogP contribution is 2.41. The molecule has 1 heterocycles. The number of rotatable bonds is 9. The van der Waals surface area contributed by atoms with Gasteiger partial charge in [0, 0.05) is 19.7 Å². The van der Waals surface area contributed by atoms with E-state index in [4.69, 9.17) is 4.74 Å². The molecule has 2 atom stereocenters. The summed E-state index contributed by atoms with van der Waals surface area (Å²) < 4.78 is 6.94. The molecule has 1 aliphatic heterocycles. The van der Waals surface area contributed by atoms with Crippen LogP contribution in [0, 0.1) is 5.92 Å². The van der Waals surface area contributed by atoms with Gasteiger partial charge in [-0.2, -0.15) is 0 Å². The molecule has 0 saturated carbocycles. The van der Waals surface area contributed by atoms with Crippen molar-refractivity contribution in [1.29, 1.82) is 0 Å². The summed E-state index contributed by atoms with van der Waals surface area (Å²) in [7, 11) is 0. The number of hydrogen-bond donors (Lipinski definition) is 1. The van der Waals surface area contributed by atoms with Crippen LogP contribution in [0.4, 0.5) is 0 Å². The Bertz CT molecular complexity index is 1080. The van der Waals surface area contributed by atoms with Crippen molar-refractivity contribution in [3.05, 3.63) is 144 Å². The molecule has 5 rings (SSSR count). The second kappa shape index (κ2) is 11.7. The zero-order valence-electron chi connectivity index (χ0n) is 20.7. The van der Waals surface area contributed by atoms with Crippen LogP contribution in [0.3, 0.4) is 0 Å². The number of hydrogen-bond acceptors (Lipinski definition) is 3. The number of benzene rings is 4. The summed E-state index contributed by atoms with van der Waals surface area (Å²) in [6.45, 7) is 3.16. The minimum Gasteiger partial charge on any atom is -0.392 e. The van der Waals surface area contributed by atoms with Crippen LogP contribution in [0.1, 0.15) is 35.1 Å². The number of piperidine rings is 1. The number of ether oxygens (including phenoxy) is 1. The highest BCUT2D eigenvalue weighted by molar-refractivity contribution is 5.47. The molecule has 0 aromatic heterocycles. The van der Waals surface area contributed by atoms with Crippen LogP contribution in [0.25, 0.3) is 0 Å². The van der Waals surface area contributed by atoms with Crippen molar-refractivity contribution in [2.45, 2.75) is 31.1 Å². The molecule has 1 N–H and O–H groups in total. The molecule has 0 bridgehead atoms. The SMILES string of the molecule is O[C@@H]1CN(Cc2ccccc2)CC[C@H]1CCOC(c1ccccc1)(c1ccccc1)c1ccccc1. The summed E-state index contributed by atoms with van der Waals surface area (Å²) in [6.07, 6.45) is 1.46. The van der Waals surface area contributed by atoms with Gasteiger partial charge in [0.15, 0.2) is 0 Å². The lowest BCUT2D eigenvalue weighted by Crippen LogP contribution is -2.44. The summed E-state index contributed by atoms with van der Waals surface area (Å²) in [5.74, 6) is 0.233. The first-order valence-corrected chi connectivity index (χ1v) is 13.0. The van der Waals surface area contributed by atoms with E-state index in [0.29, 0.717) is 13.2 Å². The van der Waals surface area contributed by atoms with Crippen molar-refractivity contribution >= 4 is 0 Å². The van der Waals surface area contributed by atoms with E-state index in [9.17, 15) is 5.11 Å². The van der Waals surface area contributed by atoms with E-state index in [1.165, 1.54) is 5.56 Å². The summed E-state index contributed by atoms with van der Waals surface area (Å²) in [6, 6.07) is 42.0. The van der Waals surface area contributed by atoms with Gasteiger partial charge in [-0.25, -0.2) is 0 Å². The normalized spacial score (nSPS) is 18.7. The largest absolute Gasteiger partial charge is 0.392 e. The zero-order valence-corrected chi connectivity index (χ0v) is 20.7. The van der Waals surface area contributed by atoms with Crippen LogP contribution in [0.15, 0.2) is 121 Å². The molecule has 1 saturated heterocycles. The minimum atomic E-state index is -0.706. The van der Waals surface area contributed by atoms with E-state index in [2.05, 4.69) is 102 Å². The number of β-amino-alcohol motifs (C(OH)–C–C–N with tert-alkyl or cyclic N) is 1. The quantitative estimate of drug-likeness (QED) is 0.289. The highest BCUT2D eigenvalue weighted by Gasteiger charge is 2.38. The van der Waals surface area contributed by atoms with Gasteiger partial charge in [-0.05, 0) is 47.6 Å². The Labute approximate surface area is 215 Å². The van der Waals surface area contributed by atoms with Crippen LogP contribution in [-0.4, -0.2) is 35.8 Å². The van der Waals surface area contributed by atoms with E-state index in [1.54, 1.807) is 0 Å². The van der Waals surface area contributed by atoms with E-state index in [0.717, 1.165) is 42.6 Å². The van der Waals surface area contributed by atoms with Crippen molar-refractivity contribution in [3.8, 4) is 0 Å². The first kappa shape index (κ1) is 24.5. The highest BCUT2D eigenvalue weighted by atomic mass is 16.5. The van der Waals surface area contributed by atoms with Gasteiger partial charge in [0.1, 0.15) is 5.60 Å². The van der Waals surface area contributed by atoms with Crippen molar-refractivity contribution < 1.29 is 9.84 Å². The molecule has 0 unspecified atom stereocenters. The summed E-state index contributed by atoms with van der Waals surface area (Å²) in [4.78, 5) is 2.36. The van der Waals surface area contributed by atoms with Gasteiger partial charge in [-0.1, -0.05) is 121 Å². The lowest BCUT2D eigenvalue weighted by Gasteiger charge is -2.38. The van der Waals surface area contributed by atoms with Crippen LogP contribution >= 0.6 is 0 Å². The molecule has 1 aliphatic rings. The lowest BCUT2D eigenvalue weighted by molar-refractivity contribution is -0.0271. The number of likely N-dealkylation sites (tertiary alicyclic amines) is 1. The predicted molar refractivity (Wildman–Crippen MR) is 146 cm³/mol. The van der Waals surface area contributed by atoms with Crippen molar-refractivity contribution in [2.75, 3.05) is 19.7 Å². The monoisotopic (exact) mass is 477 g/mol. The standard InChI is InChI=1S/C33H35NO2/c35-32-26-34(25-27-13-5-1-6-14-27)23-21-28(32)22-24-36-33(29-15-7-2-8-16-29,30-17-9-3-10-18-30)31-19-11-4-12-20-31/h1-20,28,32,35H,21-26H2/t28-,32+/m0/s1. The number of aliphatic hydroxyl groups excluding tert-OH is 1. The Morgan fingerprint density at radius 3 is 1.64 bits per heavy atom. The van der Waals surface area contributed by atoms with E-state index in [-0.39, 0.29) is 12.0 Å². The van der Waals surface area contributed by atoms with Gasteiger partial charge in [0.2, 0.25) is 0 Å². The van der Waals surface area contributed by atoms with Crippen molar-refractivity contribution in [2.24, 2.45) is 5.92 Å². The first-order valence-electron chi connectivity index (χ1n) is 13.0. The average Bonchev–Trinajstić information content (AvgIpc) is 2.94. The van der Waals surface area contributed by atoms with Crippen molar-refractivity contribution in [1.82, 2.24) is 4.90 Å². The topological polar surface area (TPSA) is 32.7 Å². The molecule has 1 fully saturated rings. The third-order valence-electron chi connectivity index (χ3n) is 7.40. The second-order valence-corrected chi connectivity index (χ2v) is 9.75. The fraction of sp³-hybridized carbons (Fsp3) is 0.273.